The van der Waals surface area contributed by atoms with Crippen LogP contribution in [0.5, 0.6) is 5.75 Å². The molecule has 0 saturated heterocycles. The number of primary amides is 1. The monoisotopic (exact) mass is 462 g/mol. The lowest BCUT2D eigenvalue weighted by Crippen LogP contribution is -2.15. The van der Waals surface area contributed by atoms with Crippen LogP contribution in [0, 0.1) is 13.8 Å². The Kier molecular flexibility index (Phi) is 6.13. The van der Waals surface area contributed by atoms with Crippen molar-refractivity contribution in [3.63, 3.8) is 0 Å². The number of aromatic nitrogens is 7. The second-order valence-corrected chi connectivity index (χ2v) is 7.57. The molecule has 1 aromatic carbocycles. The summed E-state index contributed by atoms with van der Waals surface area (Å²) >= 11 is 0. The Labute approximate surface area is 196 Å². The smallest absolute Gasteiger partial charge is 0.254 e. The SMILES string of the molecule is CCn1nc(C)c(Nc2ccc(-c3ncn(C)n3)c(OC)c2Nc2ncncc2C(N)=O)c1C. The molecule has 0 fully saturated rings. The van der Waals surface area contributed by atoms with Gasteiger partial charge in [-0.05, 0) is 32.9 Å². The van der Waals surface area contributed by atoms with Crippen LogP contribution in [0.2, 0.25) is 0 Å². The van der Waals surface area contributed by atoms with E-state index in [0.717, 1.165) is 23.6 Å². The van der Waals surface area contributed by atoms with E-state index in [-0.39, 0.29) is 11.4 Å². The van der Waals surface area contributed by atoms with Crippen molar-refractivity contribution in [2.45, 2.75) is 27.3 Å². The lowest BCUT2D eigenvalue weighted by atomic mass is 10.1. The number of carbonyl (C=O) groups is 1. The molecule has 1 amide bonds. The van der Waals surface area contributed by atoms with E-state index >= 15 is 0 Å². The van der Waals surface area contributed by atoms with Gasteiger partial charge in [0, 0.05) is 19.8 Å². The first-order valence-electron chi connectivity index (χ1n) is 10.6. The van der Waals surface area contributed by atoms with Crippen molar-refractivity contribution < 1.29 is 9.53 Å². The highest BCUT2D eigenvalue weighted by Crippen LogP contribution is 2.43. The number of benzene rings is 1. The maximum atomic E-state index is 12.0. The number of carbonyl (C=O) groups excluding carboxylic acids is 1. The van der Waals surface area contributed by atoms with Gasteiger partial charge in [-0.15, -0.1) is 0 Å². The van der Waals surface area contributed by atoms with Crippen LogP contribution in [0.25, 0.3) is 11.4 Å². The molecule has 0 radical (unpaired) electrons. The third-order valence-corrected chi connectivity index (χ3v) is 5.36. The summed E-state index contributed by atoms with van der Waals surface area (Å²) in [4.78, 5) is 24.5. The van der Waals surface area contributed by atoms with Crippen LogP contribution in [-0.4, -0.2) is 47.5 Å². The first kappa shape index (κ1) is 22.7. The van der Waals surface area contributed by atoms with Gasteiger partial charge < -0.3 is 21.1 Å². The van der Waals surface area contributed by atoms with Crippen molar-refractivity contribution in [3.05, 3.63) is 47.9 Å². The quantitative estimate of drug-likeness (QED) is 0.359. The van der Waals surface area contributed by atoms with Crippen LogP contribution in [-0.2, 0) is 13.6 Å². The van der Waals surface area contributed by atoms with Gasteiger partial charge in [-0.1, -0.05) is 0 Å². The molecular formula is C22H26N10O2. The van der Waals surface area contributed by atoms with E-state index in [1.165, 1.54) is 12.5 Å². The fourth-order valence-corrected chi connectivity index (χ4v) is 3.71. The number of nitrogens with zero attached hydrogens (tertiary/aromatic N) is 7. The molecule has 176 valence electrons. The molecule has 0 aliphatic rings. The zero-order valence-corrected chi connectivity index (χ0v) is 19.6. The first-order chi connectivity index (χ1) is 16.3. The Bertz CT molecular complexity index is 1360. The maximum Gasteiger partial charge on any atom is 0.254 e. The molecule has 0 spiro atoms. The first-order valence-corrected chi connectivity index (χ1v) is 10.6. The number of nitrogens with one attached hydrogen (secondary N) is 2. The number of hydrogen-bond donors (Lipinski definition) is 3. The number of rotatable bonds is 8. The van der Waals surface area contributed by atoms with Crippen LogP contribution < -0.4 is 21.1 Å². The molecule has 4 rings (SSSR count). The van der Waals surface area contributed by atoms with E-state index in [0.29, 0.717) is 28.5 Å². The summed E-state index contributed by atoms with van der Waals surface area (Å²) in [6.45, 7) is 6.72. The van der Waals surface area contributed by atoms with Gasteiger partial charge in [0.25, 0.3) is 5.91 Å². The van der Waals surface area contributed by atoms with Crippen LogP contribution in [0.3, 0.4) is 0 Å². The lowest BCUT2D eigenvalue weighted by molar-refractivity contribution is 0.100. The van der Waals surface area contributed by atoms with Gasteiger partial charge in [-0.25, -0.2) is 15.0 Å². The van der Waals surface area contributed by atoms with E-state index in [2.05, 4.69) is 35.8 Å². The van der Waals surface area contributed by atoms with Gasteiger partial charge in [0.05, 0.1) is 35.4 Å². The molecule has 0 saturated carbocycles. The summed E-state index contributed by atoms with van der Waals surface area (Å²) in [6, 6.07) is 3.75. The zero-order valence-electron chi connectivity index (χ0n) is 19.6. The molecular weight excluding hydrogens is 436 g/mol. The number of methoxy groups -OCH3 is 1. The van der Waals surface area contributed by atoms with Gasteiger partial charge in [0.15, 0.2) is 11.6 Å². The second kappa shape index (κ2) is 9.17. The highest BCUT2D eigenvalue weighted by Gasteiger charge is 2.22. The zero-order chi connectivity index (χ0) is 24.4. The number of hydrogen-bond acceptors (Lipinski definition) is 9. The summed E-state index contributed by atoms with van der Waals surface area (Å²) < 4.78 is 9.33. The van der Waals surface area contributed by atoms with E-state index in [9.17, 15) is 4.79 Å². The minimum absolute atomic E-state index is 0.142. The van der Waals surface area contributed by atoms with E-state index < -0.39 is 5.91 Å². The Morgan fingerprint density at radius 3 is 2.56 bits per heavy atom. The van der Waals surface area contributed by atoms with Gasteiger partial charge >= 0.3 is 0 Å². The second-order valence-electron chi connectivity index (χ2n) is 7.57. The summed E-state index contributed by atoms with van der Waals surface area (Å²) in [5.74, 6) is 0.532. The molecule has 12 heteroatoms. The summed E-state index contributed by atoms with van der Waals surface area (Å²) in [7, 11) is 3.34. The molecule has 34 heavy (non-hydrogen) atoms. The molecule has 3 heterocycles. The standard InChI is InChI=1S/C22H26N10O2/c1-6-32-13(3)17(12(2)29-32)27-16-8-7-14(22-26-11-31(4)30-22)19(34-5)18(16)28-21-15(20(23)33)9-24-10-25-21/h7-11,27H,6H2,1-5H3,(H2,23,33)(H,24,25,28). The molecule has 0 aliphatic carbocycles. The largest absolute Gasteiger partial charge is 0.494 e. The van der Waals surface area contributed by atoms with Crippen molar-refractivity contribution in [2.24, 2.45) is 12.8 Å². The Morgan fingerprint density at radius 1 is 1.15 bits per heavy atom. The molecule has 12 nitrogen and oxygen atoms in total. The molecule has 0 bridgehead atoms. The number of amides is 1. The molecule has 0 atom stereocenters. The van der Waals surface area contributed by atoms with Crippen molar-refractivity contribution >= 4 is 28.8 Å². The van der Waals surface area contributed by atoms with Crippen LogP contribution in [0.1, 0.15) is 28.7 Å². The number of ether oxygens (including phenoxy) is 1. The Morgan fingerprint density at radius 2 is 1.94 bits per heavy atom. The van der Waals surface area contributed by atoms with Crippen molar-refractivity contribution in [3.8, 4) is 17.1 Å². The Hall–Kier alpha value is -4.48. The maximum absolute atomic E-state index is 12.0. The fraction of sp³-hybridized carbons (Fsp3) is 0.273. The van der Waals surface area contributed by atoms with Gasteiger partial charge in [-0.3, -0.25) is 14.2 Å². The fourth-order valence-electron chi connectivity index (χ4n) is 3.71. The molecule has 0 unspecified atom stereocenters. The minimum Gasteiger partial charge on any atom is -0.494 e. The van der Waals surface area contributed by atoms with E-state index in [4.69, 9.17) is 10.5 Å². The summed E-state index contributed by atoms with van der Waals surface area (Å²) in [5, 5.41) is 15.7. The van der Waals surface area contributed by atoms with Crippen molar-refractivity contribution in [1.82, 2.24) is 34.5 Å². The summed E-state index contributed by atoms with van der Waals surface area (Å²) in [6.07, 6.45) is 4.30. The van der Waals surface area contributed by atoms with Crippen molar-refractivity contribution in [2.75, 3.05) is 17.7 Å². The normalized spacial score (nSPS) is 10.9. The van der Waals surface area contributed by atoms with Crippen LogP contribution in [0.4, 0.5) is 22.9 Å². The average Bonchev–Trinajstić information content (AvgIpc) is 3.37. The average molecular weight is 463 g/mol. The van der Waals surface area contributed by atoms with Crippen LogP contribution in [0.15, 0.2) is 31.0 Å². The summed E-state index contributed by atoms with van der Waals surface area (Å²) in [5.41, 5.74) is 10.2. The number of nitrogens with two attached hydrogens (primary N) is 1. The van der Waals surface area contributed by atoms with Crippen molar-refractivity contribution in [1.29, 1.82) is 0 Å². The molecule has 0 aliphatic heterocycles. The van der Waals surface area contributed by atoms with Gasteiger partial charge in [0.2, 0.25) is 0 Å². The lowest BCUT2D eigenvalue weighted by Gasteiger charge is -2.19. The topological polar surface area (TPSA) is 151 Å². The van der Waals surface area contributed by atoms with Gasteiger partial charge in [-0.2, -0.15) is 10.2 Å². The molecule has 3 aromatic heterocycles. The highest BCUT2D eigenvalue weighted by molar-refractivity contribution is 5.99. The molecule has 4 N–H and O–H groups in total. The number of anilines is 4. The highest BCUT2D eigenvalue weighted by atomic mass is 16.5. The third-order valence-electron chi connectivity index (χ3n) is 5.36. The predicted molar refractivity (Wildman–Crippen MR) is 127 cm³/mol. The number of aryl methyl sites for hydroxylation is 3. The van der Waals surface area contributed by atoms with Gasteiger partial charge in [0.1, 0.15) is 29.7 Å². The van der Waals surface area contributed by atoms with E-state index in [1.54, 1.807) is 25.2 Å². The predicted octanol–water partition coefficient (Wildman–Crippen LogP) is 2.70. The van der Waals surface area contributed by atoms with Crippen LogP contribution >= 0.6 is 0 Å². The third kappa shape index (κ3) is 4.12. The Balaban J connectivity index is 1.89. The molecule has 4 aromatic rings. The minimum atomic E-state index is -0.657. The van der Waals surface area contributed by atoms with E-state index in [1.807, 2.05) is 37.6 Å².